The van der Waals surface area contributed by atoms with E-state index in [1.54, 1.807) is 13.4 Å². The summed E-state index contributed by atoms with van der Waals surface area (Å²) < 4.78 is 13.0. The van der Waals surface area contributed by atoms with Gasteiger partial charge in [0.15, 0.2) is 5.82 Å². The summed E-state index contributed by atoms with van der Waals surface area (Å²) in [5.41, 5.74) is 4.35. The first kappa shape index (κ1) is 15.7. The average Bonchev–Trinajstić information content (AvgIpc) is 3.28. The molecule has 0 fully saturated rings. The number of ether oxygens (including phenoxy) is 1. The monoisotopic (exact) mass is 335 g/mol. The minimum Gasteiger partial charge on any atom is -0.497 e. The summed E-state index contributed by atoms with van der Waals surface area (Å²) in [5, 5.41) is 4.88. The van der Waals surface area contributed by atoms with Crippen molar-refractivity contribution < 1.29 is 9.15 Å². The maximum Gasteiger partial charge on any atom is 0.159 e. The van der Waals surface area contributed by atoms with Gasteiger partial charge in [-0.05, 0) is 43.2 Å². The highest BCUT2D eigenvalue weighted by Crippen LogP contribution is 2.41. The largest absolute Gasteiger partial charge is 0.497 e. The second kappa shape index (κ2) is 6.24. The number of nitrogens with zero attached hydrogens (tertiary/aromatic N) is 3. The molecule has 5 heteroatoms. The SMILES string of the molecule is CCc1nn2c(c1-c1ccc(OC)cc1)N=C(C)C[C@H]2c1ccco1. The van der Waals surface area contributed by atoms with Crippen molar-refractivity contribution in [2.45, 2.75) is 32.7 Å². The van der Waals surface area contributed by atoms with E-state index in [4.69, 9.17) is 19.2 Å². The molecule has 0 radical (unpaired) electrons. The zero-order valence-electron chi connectivity index (χ0n) is 14.7. The maximum absolute atomic E-state index is 5.66. The van der Waals surface area contributed by atoms with E-state index in [0.717, 1.165) is 52.7 Å². The van der Waals surface area contributed by atoms with E-state index in [-0.39, 0.29) is 6.04 Å². The highest BCUT2D eigenvalue weighted by atomic mass is 16.5. The number of benzene rings is 1. The van der Waals surface area contributed by atoms with Crippen LogP contribution in [0.4, 0.5) is 5.82 Å². The van der Waals surface area contributed by atoms with Crippen LogP contribution in [-0.4, -0.2) is 22.6 Å². The Kier molecular flexibility index (Phi) is 3.92. The fraction of sp³-hybridized carbons (Fsp3) is 0.300. The van der Waals surface area contributed by atoms with Crippen LogP contribution in [0.15, 0.2) is 52.1 Å². The number of hydrogen-bond donors (Lipinski definition) is 0. The molecule has 2 aromatic heterocycles. The Labute approximate surface area is 147 Å². The van der Waals surface area contributed by atoms with Crippen LogP contribution in [0.3, 0.4) is 0 Å². The van der Waals surface area contributed by atoms with Gasteiger partial charge in [-0.15, -0.1) is 0 Å². The van der Waals surface area contributed by atoms with E-state index in [1.807, 2.05) is 28.9 Å². The third-order valence-corrected chi connectivity index (χ3v) is 4.62. The smallest absolute Gasteiger partial charge is 0.159 e. The lowest BCUT2D eigenvalue weighted by Gasteiger charge is -2.21. The minimum atomic E-state index is 0.0554. The molecule has 128 valence electrons. The molecule has 1 aromatic carbocycles. The van der Waals surface area contributed by atoms with Crippen LogP contribution < -0.4 is 4.74 Å². The standard InChI is InChI=1S/C20H21N3O2/c1-4-16-19(14-7-9-15(24-3)10-8-14)20-21-13(2)12-17(23(20)22-16)18-6-5-11-25-18/h5-11,17H,4,12H2,1-3H3/t17-/m0/s1. The second-order valence-electron chi connectivity index (χ2n) is 6.25. The molecule has 4 rings (SSSR count). The number of aryl methyl sites for hydroxylation is 1. The molecule has 1 aliphatic heterocycles. The number of methoxy groups -OCH3 is 1. The molecule has 0 saturated heterocycles. The van der Waals surface area contributed by atoms with Crippen LogP contribution in [0.1, 0.15) is 37.8 Å². The molecule has 5 nitrogen and oxygen atoms in total. The molecule has 1 aliphatic rings. The van der Waals surface area contributed by atoms with E-state index < -0.39 is 0 Å². The van der Waals surface area contributed by atoms with Crippen LogP contribution in [0.5, 0.6) is 5.75 Å². The van der Waals surface area contributed by atoms with Crippen molar-refractivity contribution >= 4 is 11.5 Å². The number of rotatable bonds is 4. The minimum absolute atomic E-state index is 0.0554. The average molecular weight is 335 g/mol. The third kappa shape index (κ3) is 2.65. The van der Waals surface area contributed by atoms with Crippen LogP contribution in [0, 0.1) is 0 Å². The van der Waals surface area contributed by atoms with Crippen molar-refractivity contribution in [3.05, 3.63) is 54.1 Å². The Bertz CT molecular complexity index is 905. The summed E-state index contributed by atoms with van der Waals surface area (Å²) in [7, 11) is 1.68. The van der Waals surface area contributed by atoms with Crippen molar-refractivity contribution in [1.29, 1.82) is 0 Å². The first-order valence-electron chi connectivity index (χ1n) is 8.54. The zero-order valence-corrected chi connectivity index (χ0v) is 14.7. The van der Waals surface area contributed by atoms with Gasteiger partial charge in [0.25, 0.3) is 0 Å². The lowest BCUT2D eigenvalue weighted by atomic mass is 10.0. The van der Waals surface area contributed by atoms with E-state index in [1.165, 1.54) is 0 Å². The van der Waals surface area contributed by atoms with Crippen molar-refractivity contribution in [2.24, 2.45) is 4.99 Å². The molecule has 3 heterocycles. The summed E-state index contributed by atoms with van der Waals surface area (Å²) in [6, 6.07) is 12.1. The summed E-state index contributed by atoms with van der Waals surface area (Å²) in [6.45, 7) is 4.19. The highest BCUT2D eigenvalue weighted by Gasteiger charge is 2.29. The summed E-state index contributed by atoms with van der Waals surface area (Å²) in [4.78, 5) is 4.84. The van der Waals surface area contributed by atoms with Gasteiger partial charge in [0, 0.05) is 17.7 Å². The molecule has 25 heavy (non-hydrogen) atoms. The lowest BCUT2D eigenvalue weighted by Crippen LogP contribution is -2.18. The van der Waals surface area contributed by atoms with E-state index in [9.17, 15) is 0 Å². The molecule has 0 amide bonds. The topological polar surface area (TPSA) is 52.5 Å². The molecule has 0 aliphatic carbocycles. The molecule has 0 unspecified atom stereocenters. The van der Waals surface area contributed by atoms with Crippen molar-refractivity contribution in [1.82, 2.24) is 9.78 Å². The Morgan fingerprint density at radius 3 is 2.68 bits per heavy atom. The molecule has 0 spiro atoms. The van der Waals surface area contributed by atoms with Gasteiger partial charge in [0.2, 0.25) is 0 Å². The predicted octanol–water partition coefficient (Wildman–Crippen LogP) is 4.80. The molecule has 3 aromatic rings. The van der Waals surface area contributed by atoms with Crippen molar-refractivity contribution in [3.8, 4) is 16.9 Å². The van der Waals surface area contributed by atoms with Gasteiger partial charge < -0.3 is 9.15 Å². The van der Waals surface area contributed by atoms with Gasteiger partial charge in [-0.25, -0.2) is 9.67 Å². The van der Waals surface area contributed by atoms with Crippen LogP contribution in [-0.2, 0) is 6.42 Å². The van der Waals surface area contributed by atoms with Crippen molar-refractivity contribution in [3.63, 3.8) is 0 Å². The summed E-state index contributed by atoms with van der Waals surface area (Å²) >= 11 is 0. The molecule has 0 bridgehead atoms. The normalized spacial score (nSPS) is 16.4. The van der Waals surface area contributed by atoms with E-state index in [2.05, 4.69) is 26.0 Å². The Hall–Kier alpha value is -2.82. The van der Waals surface area contributed by atoms with Gasteiger partial charge in [0.1, 0.15) is 17.6 Å². The van der Waals surface area contributed by atoms with Crippen molar-refractivity contribution in [2.75, 3.05) is 7.11 Å². The number of furan rings is 1. The fourth-order valence-corrected chi connectivity index (χ4v) is 3.39. The molecule has 0 N–H and O–H groups in total. The van der Waals surface area contributed by atoms with Gasteiger partial charge in [-0.1, -0.05) is 19.1 Å². The molecular weight excluding hydrogens is 314 g/mol. The quantitative estimate of drug-likeness (QED) is 0.688. The number of hydrogen-bond acceptors (Lipinski definition) is 4. The van der Waals surface area contributed by atoms with E-state index >= 15 is 0 Å². The highest BCUT2D eigenvalue weighted by molar-refractivity contribution is 5.90. The zero-order chi connectivity index (χ0) is 17.4. The Balaban J connectivity index is 1.88. The van der Waals surface area contributed by atoms with Gasteiger partial charge in [-0.3, -0.25) is 0 Å². The first-order chi connectivity index (χ1) is 12.2. The Morgan fingerprint density at radius 2 is 2.04 bits per heavy atom. The predicted molar refractivity (Wildman–Crippen MR) is 97.8 cm³/mol. The van der Waals surface area contributed by atoms with Gasteiger partial charge >= 0.3 is 0 Å². The van der Waals surface area contributed by atoms with Gasteiger partial charge in [0.05, 0.1) is 19.1 Å². The van der Waals surface area contributed by atoms with Gasteiger partial charge in [-0.2, -0.15) is 5.10 Å². The fourth-order valence-electron chi connectivity index (χ4n) is 3.39. The second-order valence-corrected chi connectivity index (χ2v) is 6.25. The van der Waals surface area contributed by atoms with Crippen LogP contribution in [0.2, 0.25) is 0 Å². The Morgan fingerprint density at radius 1 is 1.24 bits per heavy atom. The van der Waals surface area contributed by atoms with E-state index in [0.29, 0.717) is 0 Å². The summed E-state index contributed by atoms with van der Waals surface area (Å²) in [5.74, 6) is 2.67. The number of aliphatic imine (C=N–C) groups is 1. The number of aromatic nitrogens is 2. The molecule has 1 atom stereocenters. The summed E-state index contributed by atoms with van der Waals surface area (Å²) in [6.07, 6.45) is 3.37. The molecule has 0 saturated carbocycles. The number of fused-ring (bicyclic) bond motifs is 1. The molecular formula is C20H21N3O2. The van der Waals surface area contributed by atoms with Crippen LogP contribution in [0.25, 0.3) is 11.1 Å². The lowest BCUT2D eigenvalue weighted by molar-refractivity contribution is 0.408. The third-order valence-electron chi connectivity index (χ3n) is 4.62. The first-order valence-corrected chi connectivity index (χ1v) is 8.54. The maximum atomic E-state index is 5.66. The van der Waals surface area contributed by atoms with Crippen LogP contribution >= 0.6 is 0 Å².